The van der Waals surface area contributed by atoms with Gasteiger partial charge in [0.1, 0.15) is 28.7 Å². The van der Waals surface area contributed by atoms with E-state index in [0.717, 1.165) is 24.5 Å². The van der Waals surface area contributed by atoms with Crippen molar-refractivity contribution in [1.29, 1.82) is 0 Å². The highest BCUT2D eigenvalue weighted by molar-refractivity contribution is 6.29. The minimum atomic E-state index is -0.869. The number of benzene rings is 1. The van der Waals surface area contributed by atoms with Gasteiger partial charge in [0.25, 0.3) is 11.6 Å². The van der Waals surface area contributed by atoms with Gasteiger partial charge < -0.3 is 5.32 Å². The first-order chi connectivity index (χ1) is 9.47. The number of nitrogens with zero attached hydrogens (tertiary/aromatic N) is 3. The Balaban J connectivity index is 2.34. The predicted octanol–water partition coefficient (Wildman–Crippen LogP) is 2.43. The molecular formula is C11H6ClFN4O3. The molecule has 102 valence electrons. The molecule has 0 atom stereocenters. The molecule has 2 aromatic rings. The second-order valence-electron chi connectivity index (χ2n) is 3.60. The first kappa shape index (κ1) is 13.8. The maximum absolute atomic E-state index is 13.1. The van der Waals surface area contributed by atoms with Gasteiger partial charge >= 0.3 is 0 Å². The SMILES string of the molecule is O=C(Nc1cc(Cl)ncn1)c1cc(F)ccc1[N+](=O)[O-]. The van der Waals surface area contributed by atoms with E-state index in [9.17, 15) is 19.3 Å². The van der Waals surface area contributed by atoms with Crippen LogP contribution in [0.2, 0.25) is 5.15 Å². The summed E-state index contributed by atoms with van der Waals surface area (Å²) < 4.78 is 13.1. The van der Waals surface area contributed by atoms with Crippen molar-refractivity contribution >= 4 is 29.0 Å². The number of anilines is 1. The molecule has 0 aliphatic carbocycles. The Morgan fingerprint density at radius 2 is 2.10 bits per heavy atom. The van der Waals surface area contributed by atoms with Gasteiger partial charge in [-0.3, -0.25) is 14.9 Å². The lowest BCUT2D eigenvalue weighted by Gasteiger charge is -2.05. The number of nitro benzene ring substituents is 1. The van der Waals surface area contributed by atoms with Gasteiger partial charge in [-0.15, -0.1) is 0 Å². The summed E-state index contributed by atoms with van der Waals surface area (Å²) in [4.78, 5) is 29.3. The van der Waals surface area contributed by atoms with Crippen molar-refractivity contribution in [3.05, 3.63) is 57.2 Å². The van der Waals surface area contributed by atoms with E-state index in [1.54, 1.807) is 0 Å². The monoisotopic (exact) mass is 296 g/mol. The number of halogens is 2. The molecule has 0 spiro atoms. The topological polar surface area (TPSA) is 98.0 Å². The number of carbonyl (C=O) groups is 1. The molecule has 0 unspecified atom stereocenters. The lowest BCUT2D eigenvalue weighted by atomic mass is 10.1. The Labute approximate surface area is 116 Å². The number of rotatable bonds is 3. The average Bonchev–Trinajstić information content (AvgIpc) is 2.38. The van der Waals surface area contributed by atoms with Crippen molar-refractivity contribution in [3.63, 3.8) is 0 Å². The molecule has 1 N–H and O–H groups in total. The van der Waals surface area contributed by atoms with Crippen molar-refractivity contribution in [2.45, 2.75) is 0 Å². The Morgan fingerprint density at radius 3 is 2.75 bits per heavy atom. The summed E-state index contributed by atoms with van der Waals surface area (Å²) in [6, 6.07) is 3.84. The number of nitrogens with one attached hydrogen (secondary N) is 1. The summed E-state index contributed by atoms with van der Waals surface area (Å²) in [6.45, 7) is 0. The van der Waals surface area contributed by atoms with Gasteiger partial charge in [-0.25, -0.2) is 14.4 Å². The first-order valence-electron chi connectivity index (χ1n) is 5.20. The lowest BCUT2D eigenvalue weighted by Crippen LogP contribution is -2.15. The highest BCUT2D eigenvalue weighted by atomic mass is 35.5. The number of aromatic nitrogens is 2. The van der Waals surface area contributed by atoms with Gasteiger partial charge in [-0.05, 0) is 12.1 Å². The molecule has 0 bridgehead atoms. The molecule has 1 aromatic carbocycles. The van der Waals surface area contributed by atoms with Gasteiger partial charge in [-0.1, -0.05) is 11.6 Å². The van der Waals surface area contributed by atoms with Gasteiger partial charge in [0, 0.05) is 12.1 Å². The number of hydrogen-bond acceptors (Lipinski definition) is 5. The molecule has 7 nitrogen and oxygen atoms in total. The minimum Gasteiger partial charge on any atom is -0.306 e. The quantitative estimate of drug-likeness (QED) is 0.533. The smallest absolute Gasteiger partial charge is 0.282 e. The summed E-state index contributed by atoms with van der Waals surface area (Å²) in [5, 5.41) is 13.2. The molecule has 0 radical (unpaired) electrons. The van der Waals surface area contributed by atoms with Crippen molar-refractivity contribution < 1.29 is 14.1 Å². The molecule has 0 aliphatic heterocycles. The van der Waals surface area contributed by atoms with Crippen LogP contribution in [0.5, 0.6) is 0 Å². The molecule has 1 heterocycles. The van der Waals surface area contributed by atoms with Crippen LogP contribution >= 0.6 is 11.6 Å². The van der Waals surface area contributed by atoms with E-state index in [4.69, 9.17) is 11.6 Å². The summed E-state index contributed by atoms with van der Waals surface area (Å²) >= 11 is 5.61. The molecule has 1 aromatic heterocycles. The van der Waals surface area contributed by atoms with Crippen LogP contribution in [-0.4, -0.2) is 20.8 Å². The van der Waals surface area contributed by atoms with Gasteiger partial charge in [-0.2, -0.15) is 0 Å². The van der Waals surface area contributed by atoms with Crippen LogP contribution < -0.4 is 5.32 Å². The Bertz CT molecular complexity index is 695. The first-order valence-corrected chi connectivity index (χ1v) is 5.58. The van der Waals surface area contributed by atoms with E-state index in [1.165, 1.54) is 6.07 Å². The second kappa shape index (κ2) is 5.57. The van der Waals surface area contributed by atoms with Crippen LogP contribution in [0.25, 0.3) is 0 Å². The Kier molecular flexibility index (Phi) is 3.85. The third-order valence-corrected chi connectivity index (χ3v) is 2.48. The third kappa shape index (κ3) is 3.04. The predicted molar refractivity (Wildman–Crippen MR) is 68.0 cm³/mol. The molecule has 9 heteroatoms. The highest BCUT2D eigenvalue weighted by Crippen LogP contribution is 2.21. The fourth-order valence-corrected chi connectivity index (χ4v) is 1.58. The number of hydrogen-bond donors (Lipinski definition) is 1. The summed E-state index contributed by atoms with van der Waals surface area (Å²) in [6.07, 6.45) is 1.11. The van der Waals surface area contributed by atoms with Crippen molar-refractivity contribution in [3.8, 4) is 0 Å². The fourth-order valence-electron chi connectivity index (χ4n) is 1.43. The molecule has 0 saturated carbocycles. The maximum Gasteiger partial charge on any atom is 0.282 e. The number of carbonyl (C=O) groups excluding carboxylic acids is 1. The zero-order chi connectivity index (χ0) is 14.7. The van der Waals surface area contributed by atoms with E-state index >= 15 is 0 Å². The number of amides is 1. The summed E-state index contributed by atoms with van der Waals surface area (Å²) in [7, 11) is 0. The van der Waals surface area contributed by atoms with Crippen LogP contribution in [0, 0.1) is 15.9 Å². The van der Waals surface area contributed by atoms with Crippen LogP contribution in [-0.2, 0) is 0 Å². The zero-order valence-electron chi connectivity index (χ0n) is 9.71. The average molecular weight is 297 g/mol. The van der Waals surface area contributed by atoms with E-state index in [2.05, 4.69) is 15.3 Å². The normalized spacial score (nSPS) is 10.1. The lowest BCUT2D eigenvalue weighted by molar-refractivity contribution is -0.385. The second-order valence-corrected chi connectivity index (χ2v) is 3.99. The van der Waals surface area contributed by atoms with Crippen molar-refractivity contribution in [2.75, 3.05) is 5.32 Å². The van der Waals surface area contributed by atoms with Crippen LogP contribution in [0.15, 0.2) is 30.6 Å². The van der Waals surface area contributed by atoms with Gasteiger partial charge in [0.05, 0.1) is 4.92 Å². The maximum atomic E-state index is 13.1. The van der Waals surface area contributed by atoms with Crippen LogP contribution in [0.3, 0.4) is 0 Å². The third-order valence-electron chi connectivity index (χ3n) is 2.28. The highest BCUT2D eigenvalue weighted by Gasteiger charge is 2.21. The molecule has 20 heavy (non-hydrogen) atoms. The van der Waals surface area contributed by atoms with Crippen LogP contribution in [0.1, 0.15) is 10.4 Å². The molecular weight excluding hydrogens is 291 g/mol. The molecule has 0 aliphatic rings. The van der Waals surface area contributed by atoms with Crippen LogP contribution in [0.4, 0.5) is 15.9 Å². The Morgan fingerprint density at radius 1 is 1.35 bits per heavy atom. The van der Waals surface area contributed by atoms with Crippen molar-refractivity contribution in [2.24, 2.45) is 0 Å². The molecule has 0 fully saturated rings. The Hall–Kier alpha value is -2.61. The van der Waals surface area contributed by atoms with E-state index in [1.807, 2.05) is 0 Å². The van der Waals surface area contributed by atoms with Crippen molar-refractivity contribution in [1.82, 2.24) is 9.97 Å². The van der Waals surface area contributed by atoms with E-state index in [0.29, 0.717) is 0 Å². The fraction of sp³-hybridized carbons (Fsp3) is 0. The zero-order valence-corrected chi connectivity index (χ0v) is 10.5. The van der Waals surface area contributed by atoms with E-state index in [-0.39, 0.29) is 11.0 Å². The minimum absolute atomic E-state index is 0.0496. The largest absolute Gasteiger partial charge is 0.306 e. The molecule has 1 amide bonds. The molecule has 0 saturated heterocycles. The van der Waals surface area contributed by atoms with Gasteiger partial charge in [0.15, 0.2) is 0 Å². The summed E-state index contributed by atoms with van der Waals surface area (Å²) in [5.41, 5.74) is -0.922. The molecule has 2 rings (SSSR count). The standard InChI is InChI=1S/C11H6ClFN4O3/c12-9-4-10(15-5-14-9)16-11(18)7-3-6(13)1-2-8(7)17(19)20/h1-5H,(H,14,15,16,18). The van der Waals surface area contributed by atoms with Gasteiger partial charge in [0.2, 0.25) is 0 Å². The van der Waals surface area contributed by atoms with E-state index < -0.39 is 27.9 Å². The summed E-state index contributed by atoms with van der Waals surface area (Å²) in [5.74, 6) is -1.58. The number of nitro groups is 1.